The number of nitrogens with one attached hydrogen (secondary N) is 2. The molecule has 0 unspecified atom stereocenters. The summed E-state index contributed by atoms with van der Waals surface area (Å²) >= 11 is 1.61. The van der Waals surface area contributed by atoms with Crippen LogP contribution in [0.1, 0.15) is 11.4 Å². The summed E-state index contributed by atoms with van der Waals surface area (Å²) in [6.07, 6.45) is 0.953. The lowest BCUT2D eigenvalue weighted by Gasteiger charge is -2.26. The second-order valence-electron chi connectivity index (χ2n) is 5.49. The lowest BCUT2D eigenvalue weighted by atomic mass is 10.3. The number of fused-ring (bicyclic) bond motifs is 1. The first-order chi connectivity index (χ1) is 11.3. The minimum absolute atomic E-state index is 0.133. The van der Waals surface area contributed by atoms with E-state index in [4.69, 9.17) is 4.74 Å². The van der Waals surface area contributed by atoms with Crippen molar-refractivity contribution < 1.29 is 9.53 Å². The standard InChI is InChI=1S/C16H22N4O2S/c21-16(17-6-3-7-20-8-10-22-11-9-20)18-12-15-19-13-4-1-2-5-14(13)23-15/h1-2,4-5H,3,6-12H2,(H2,17,18,21). The molecule has 124 valence electrons. The first kappa shape index (κ1) is 16.2. The number of thiazole rings is 1. The van der Waals surface area contributed by atoms with Crippen LogP contribution in [0, 0.1) is 0 Å². The van der Waals surface area contributed by atoms with E-state index in [0.717, 1.165) is 54.5 Å². The molecular weight excluding hydrogens is 312 g/mol. The van der Waals surface area contributed by atoms with Gasteiger partial charge in [0.15, 0.2) is 0 Å². The summed E-state index contributed by atoms with van der Waals surface area (Å²) in [6.45, 7) is 5.76. The van der Waals surface area contributed by atoms with Crippen molar-refractivity contribution in [2.45, 2.75) is 13.0 Å². The predicted molar refractivity (Wildman–Crippen MR) is 91.7 cm³/mol. The Bertz CT molecular complexity index is 607. The molecule has 2 heterocycles. The van der Waals surface area contributed by atoms with Gasteiger partial charge in [-0.15, -0.1) is 11.3 Å². The van der Waals surface area contributed by atoms with Gasteiger partial charge in [-0.1, -0.05) is 12.1 Å². The molecule has 6 nitrogen and oxygen atoms in total. The maximum absolute atomic E-state index is 11.8. The summed E-state index contributed by atoms with van der Waals surface area (Å²) in [5.74, 6) is 0. The van der Waals surface area contributed by atoms with E-state index in [2.05, 4.69) is 20.5 Å². The second kappa shape index (κ2) is 8.24. The normalized spacial score (nSPS) is 15.7. The molecule has 3 rings (SSSR count). The molecule has 1 aliphatic heterocycles. The topological polar surface area (TPSA) is 66.5 Å². The largest absolute Gasteiger partial charge is 0.379 e. The average molecular weight is 334 g/mol. The number of rotatable bonds is 6. The molecule has 23 heavy (non-hydrogen) atoms. The molecule has 1 aliphatic rings. The van der Waals surface area contributed by atoms with Gasteiger partial charge in [-0.3, -0.25) is 4.90 Å². The minimum atomic E-state index is -0.133. The summed E-state index contributed by atoms with van der Waals surface area (Å²) in [6, 6.07) is 7.87. The molecule has 1 aromatic carbocycles. The number of benzene rings is 1. The van der Waals surface area contributed by atoms with Gasteiger partial charge in [0.1, 0.15) is 5.01 Å². The summed E-state index contributed by atoms with van der Waals surface area (Å²) < 4.78 is 6.46. The van der Waals surface area contributed by atoms with Gasteiger partial charge >= 0.3 is 6.03 Å². The molecular formula is C16H22N4O2S. The molecule has 0 atom stereocenters. The second-order valence-corrected chi connectivity index (χ2v) is 6.61. The van der Waals surface area contributed by atoms with Crippen LogP contribution in [0.4, 0.5) is 4.79 Å². The summed E-state index contributed by atoms with van der Waals surface area (Å²) in [5.41, 5.74) is 0.986. The highest BCUT2D eigenvalue weighted by atomic mass is 32.1. The fraction of sp³-hybridized carbons (Fsp3) is 0.500. The molecule has 1 aromatic heterocycles. The van der Waals surface area contributed by atoms with Gasteiger partial charge in [0, 0.05) is 19.6 Å². The third-order valence-electron chi connectivity index (χ3n) is 3.78. The van der Waals surface area contributed by atoms with Crippen molar-refractivity contribution in [2.24, 2.45) is 0 Å². The number of ether oxygens (including phenoxy) is 1. The molecule has 2 aromatic rings. The van der Waals surface area contributed by atoms with Crippen molar-refractivity contribution >= 4 is 27.6 Å². The third kappa shape index (κ3) is 4.89. The van der Waals surface area contributed by atoms with Crippen LogP contribution < -0.4 is 10.6 Å². The van der Waals surface area contributed by atoms with Gasteiger partial charge in [-0.2, -0.15) is 0 Å². The Morgan fingerprint density at radius 3 is 2.91 bits per heavy atom. The lowest BCUT2D eigenvalue weighted by molar-refractivity contribution is 0.0375. The van der Waals surface area contributed by atoms with Crippen molar-refractivity contribution in [1.82, 2.24) is 20.5 Å². The van der Waals surface area contributed by atoms with Crippen LogP contribution >= 0.6 is 11.3 Å². The van der Waals surface area contributed by atoms with Gasteiger partial charge in [-0.05, 0) is 25.1 Å². The summed E-state index contributed by atoms with van der Waals surface area (Å²) in [5, 5.41) is 6.68. The highest BCUT2D eigenvalue weighted by molar-refractivity contribution is 7.18. The molecule has 2 N–H and O–H groups in total. The van der Waals surface area contributed by atoms with Crippen LogP contribution in [0.25, 0.3) is 10.2 Å². The van der Waals surface area contributed by atoms with Gasteiger partial charge in [0.25, 0.3) is 0 Å². The Balaban J connectivity index is 1.33. The van der Waals surface area contributed by atoms with Gasteiger partial charge in [-0.25, -0.2) is 9.78 Å². The Labute approximate surface area is 139 Å². The highest BCUT2D eigenvalue weighted by Crippen LogP contribution is 2.21. The molecule has 1 fully saturated rings. The van der Waals surface area contributed by atoms with E-state index < -0.39 is 0 Å². The number of aromatic nitrogens is 1. The van der Waals surface area contributed by atoms with Crippen molar-refractivity contribution in [2.75, 3.05) is 39.4 Å². The van der Waals surface area contributed by atoms with Crippen LogP contribution in [-0.4, -0.2) is 55.3 Å². The maximum Gasteiger partial charge on any atom is 0.315 e. The number of hydrogen-bond acceptors (Lipinski definition) is 5. The van der Waals surface area contributed by atoms with Gasteiger partial charge in [0.05, 0.1) is 30.0 Å². The monoisotopic (exact) mass is 334 g/mol. The van der Waals surface area contributed by atoms with Crippen LogP contribution in [0.3, 0.4) is 0 Å². The van der Waals surface area contributed by atoms with Crippen LogP contribution in [0.2, 0.25) is 0 Å². The van der Waals surface area contributed by atoms with Crippen molar-refractivity contribution in [3.63, 3.8) is 0 Å². The Morgan fingerprint density at radius 1 is 1.26 bits per heavy atom. The average Bonchev–Trinajstić information content (AvgIpc) is 3.01. The number of carbonyl (C=O) groups is 1. The van der Waals surface area contributed by atoms with Crippen LogP contribution in [0.15, 0.2) is 24.3 Å². The maximum atomic E-state index is 11.8. The minimum Gasteiger partial charge on any atom is -0.379 e. The lowest BCUT2D eigenvalue weighted by Crippen LogP contribution is -2.39. The van der Waals surface area contributed by atoms with Crippen molar-refractivity contribution in [3.05, 3.63) is 29.3 Å². The Morgan fingerprint density at radius 2 is 2.09 bits per heavy atom. The molecule has 7 heteroatoms. The van der Waals surface area contributed by atoms with E-state index in [-0.39, 0.29) is 6.03 Å². The fourth-order valence-electron chi connectivity index (χ4n) is 2.54. The summed E-state index contributed by atoms with van der Waals surface area (Å²) in [4.78, 5) is 18.7. The molecule has 2 amide bonds. The van der Waals surface area contributed by atoms with Gasteiger partial charge in [0.2, 0.25) is 0 Å². The predicted octanol–water partition coefficient (Wildman–Crippen LogP) is 1.82. The highest BCUT2D eigenvalue weighted by Gasteiger charge is 2.09. The van der Waals surface area contributed by atoms with Crippen LogP contribution in [-0.2, 0) is 11.3 Å². The quantitative estimate of drug-likeness (QED) is 0.791. The molecule has 0 saturated carbocycles. The number of hydrogen-bond donors (Lipinski definition) is 2. The zero-order chi connectivity index (χ0) is 15.9. The van der Waals surface area contributed by atoms with E-state index in [9.17, 15) is 4.79 Å². The van der Waals surface area contributed by atoms with Crippen molar-refractivity contribution in [1.29, 1.82) is 0 Å². The smallest absolute Gasteiger partial charge is 0.315 e. The number of urea groups is 1. The van der Waals surface area contributed by atoms with Gasteiger partial charge < -0.3 is 15.4 Å². The first-order valence-electron chi connectivity index (χ1n) is 7.97. The molecule has 0 bridgehead atoms. The number of nitrogens with zero attached hydrogens (tertiary/aromatic N) is 2. The van der Waals surface area contributed by atoms with E-state index >= 15 is 0 Å². The van der Waals surface area contributed by atoms with E-state index in [1.54, 1.807) is 11.3 Å². The van der Waals surface area contributed by atoms with Crippen molar-refractivity contribution in [3.8, 4) is 0 Å². The first-order valence-corrected chi connectivity index (χ1v) is 8.79. The summed E-state index contributed by atoms with van der Waals surface area (Å²) in [7, 11) is 0. The molecule has 0 aliphatic carbocycles. The number of amides is 2. The zero-order valence-electron chi connectivity index (χ0n) is 13.1. The molecule has 0 radical (unpaired) electrons. The zero-order valence-corrected chi connectivity index (χ0v) is 13.9. The van der Waals surface area contributed by atoms with E-state index in [1.807, 2.05) is 24.3 Å². The van der Waals surface area contributed by atoms with E-state index in [1.165, 1.54) is 0 Å². The Hall–Kier alpha value is -1.70. The fourth-order valence-corrected chi connectivity index (χ4v) is 3.45. The number of para-hydroxylation sites is 1. The SMILES string of the molecule is O=C(NCCCN1CCOCC1)NCc1nc2ccccc2s1. The molecule has 0 spiro atoms. The molecule has 1 saturated heterocycles. The third-order valence-corrected chi connectivity index (χ3v) is 4.82. The number of carbonyl (C=O) groups excluding carboxylic acids is 1. The Kier molecular flexibility index (Phi) is 5.79. The van der Waals surface area contributed by atoms with Crippen LogP contribution in [0.5, 0.6) is 0 Å². The van der Waals surface area contributed by atoms with E-state index in [0.29, 0.717) is 13.1 Å². The number of morpholine rings is 1.